The maximum absolute atomic E-state index is 13.1. The van der Waals surface area contributed by atoms with Crippen LogP contribution in [0.3, 0.4) is 0 Å². The minimum absolute atomic E-state index is 0.131. The average Bonchev–Trinajstić information content (AvgIpc) is 3.24. The number of rotatable bonds is 8. The zero-order valence-corrected chi connectivity index (χ0v) is 16.8. The van der Waals surface area contributed by atoms with Gasteiger partial charge in [0, 0.05) is 13.0 Å². The quantitative estimate of drug-likeness (QED) is 0.725. The van der Waals surface area contributed by atoms with Crippen LogP contribution in [0.25, 0.3) is 0 Å². The first-order valence-electron chi connectivity index (χ1n) is 9.86. The number of amides is 1. The topological polar surface area (TPSA) is 52.6 Å². The van der Waals surface area contributed by atoms with E-state index in [9.17, 15) is 9.90 Å². The highest BCUT2D eigenvalue weighted by molar-refractivity contribution is 7.07. The smallest absolute Gasteiger partial charge is 0.223 e. The molecule has 1 amide bonds. The molecule has 0 spiro atoms. The minimum Gasteiger partial charge on any atom is -0.387 e. The van der Waals surface area contributed by atoms with E-state index in [2.05, 4.69) is 12.2 Å². The van der Waals surface area contributed by atoms with E-state index in [0.29, 0.717) is 31.3 Å². The standard InChI is InChI=1S/C22H30N2O2S/c1-17(19-8-5-10-23-13-19)12-22(26)24(14-18-6-3-2-4-7-18)15-21(25)20-9-11-27-16-20/h2-4,6-7,9,11,16-17,19,21,23,25H,5,8,10,12-15H2,1H3. The molecule has 0 saturated carbocycles. The molecule has 1 fully saturated rings. The van der Waals surface area contributed by atoms with E-state index in [1.807, 2.05) is 52.1 Å². The molecule has 2 heterocycles. The van der Waals surface area contributed by atoms with Gasteiger partial charge in [0.25, 0.3) is 0 Å². The van der Waals surface area contributed by atoms with Gasteiger partial charge in [-0.1, -0.05) is 37.3 Å². The van der Waals surface area contributed by atoms with Crippen LogP contribution in [-0.2, 0) is 11.3 Å². The molecule has 146 valence electrons. The first kappa shape index (κ1) is 20.1. The molecule has 1 aromatic heterocycles. The lowest BCUT2D eigenvalue weighted by molar-refractivity contribution is -0.134. The normalized spacial score (nSPS) is 19.4. The maximum Gasteiger partial charge on any atom is 0.223 e. The Hall–Kier alpha value is -1.69. The summed E-state index contributed by atoms with van der Waals surface area (Å²) < 4.78 is 0. The number of hydrogen-bond acceptors (Lipinski definition) is 4. The molecule has 1 saturated heterocycles. The lowest BCUT2D eigenvalue weighted by atomic mass is 9.85. The second-order valence-electron chi connectivity index (χ2n) is 7.62. The molecular formula is C22H30N2O2S. The van der Waals surface area contributed by atoms with Crippen LogP contribution in [0.1, 0.15) is 43.4 Å². The Morgan fingerprint density at radius 2 is 2.15 bits per heavy atom. The molecule has 27 heavy (non-hydrogen) atoms. The van der Waals surface area contributed by atoms with Crippen LogP contribution >= 0.6 is 11.3 Å². The number of nitrogens with zero attached hydrogens (tertiary/aromatic N) is 1. The fraction of sp³-hybridized carbons (Fsp3) is 0.500. The first-order chi connectivity index (χ1) is 13.1. The molecule has 2 aromatic rings. The van der Waals surface area contributed by atoms with Crippen molar-refractivity contribution in [2.24, 2.45) is 11.8 Å². The summed E-state index contributed by atoms with van der Waals surface area (Å²) in [6.07, 6.45) is 2.27. The average molecular weight is 387 g/mol. The molecule has 3 unspecified atom stereocenters. The van der Waals surface area contributed by atoms with Gasteiger partial charge in [-0.2, -0.15) is 11.3 Å². The van der Waals surface area contributed by atoms with Crippen molar-refractivity contribution in [3.05, 3.63) is 58.3 Å². The highest BCUT2D eigenvalue weighted by Gasteiger charge is 2.26. The van der Waals surface area contributed by atoms with E-state index >= 15 is 0 Å². The lowest BCUT2D eigenvalue weighted by Crippen LogP contribution is -2.38. The summed E-state index contributed by atoms with van der Waals surface area (Å²) in [5.74, 6) is 1.04. The van der Waals surface area contributed by atoms with Gasteiger partial charge in [0.1, 0.15) is 0 Å². The van der Waals surface area contributed by atoms with Gasteiger partial charge in [-0.25, -0.2) is 0 Å². The fourth-order valence-corrected chi connectivity index (χ4v) is 4.48. The summed E-state index contributed by atoms with van der Waals surface area (Å²) in [7, 11) is 0. The summed E-state index contributed by atoms with van der Waals surface area (Å²) in [4.78, 5) is 14.9. The van der Waals surface area contributed by atoms with Crippen LogP contribution in [0.5, 0.6) is 0 Å². The van der Waals surface area contributed by atoms with Gasteiger partial charge in [0.05, 0.1) is 12.6 Å². The Morgan fingerprint density at radius 1 is 1.33 bits per heavy atom. The monoisotopic (exact) mass is 386 g/mol. The fourth-order valence-electron chi connectivity index (χ4n) is 3.77. The summed E-state index contributed by atoms with van der Waals surface area (Å²) >= 11 is 1.57. The van der Waals surface area contributed by atoms with Crippen molar-refractivity contribution in [1.82, 2.24) is 10.2 Å². The van der Waals surface area contributed by atoms with Crippen molar-refractivity contribution < 1.29 is 9.90 Å². The van der Waals surface area contributed by atoms with Crippen molar-refractivity contribution in [3.63, 3.8) is 0 Å². The third kappa shape index (κ3) is 5.89. The zero-order valence-electron chi connectivity index (χ0n) is 16.0. The van der Waals surface area contributed by atoms with Gasteiger partial charge in [-0.05, 0) is 65.7 Å². The number of carbonyl (C=O) groups excluding carboxylic acids is 1. The maximum atomic E-state index is 13.1. The van der Waals surface area contributed by atoms with Crippen LogP contribution in [0.15, 0.2) is 47.2 Å². The third-order valence-corrected chi connectivity index (χ3v) is 6.23. The van der Waals surface area contributed by atoms with Gasteiger partial charge in [0.15, 0.2) is 0 Å². The summed E-state index contributed by atoms with van der Waals surface area (Å²) in [5.41, 5.74) is 1.98. The van der Waals surface area contributed by atoms with E-state index in [1.54, 1.807) is 11.3 Å². The molecule has 3 rings (SSSR count). The van der Waals surface area contributed by atoms with Gasteiger partial charge < -0.3 is 15.3 Å². The molecule has 1 aliphatic rings. The Morgan fingerprint density at radius 3 is 2.81 bits per heavy atom. The Bertz CT molecular complexity index is 684. The van der Waals surface area contributed by atoms with Crippen LogP contribution in [0.2, 0.25) is 0 Å². The van der Waals surface area contributed by atoms with Crippen molar-refractivity contribution >= 4 is 17.2 Å². The van der Waals surface area contributed by atoms with Crippen LogP contribution in [-0.4, -0.2) is 35.5 Å². The highest BCUT2D eigenvalue weighted by atomic mass is 32.1. The molecule has 1 aromatic carbocycles. The molecule has 5 heteroatoms. The van der Waals surface area contributed by atoms with Gasteiger partial charge >= 0.3 is 0 Å². The molecule has 0 radical (unpaired) electrons. The number of thiophene rings is 1. The van der Waals surface area contributed by atoms with Crippen molar-refractivity contribution in [1.29, 1.82) is 0 Å². The SMILES string of the molecule is CC(CC(=O)N(Cc1ccccc1)CC(O)c1ccsc1)C1CCCNC1. The molecule has 4 nitrogen and oxygen atoms in total. The van der Waals surface area contributed by atoms with Gasteiger partial charge in [-0.15, -0.1) is 0 Å². The number of nitrogens with one attached hydrogen (secondary N) is 1. The predicted molar refractivity (Wildman–Crippen MR) is 111 cm³/mol. The van der Waals surface area contributed by atoms with Crippen molar-refractivity contribution in [2.45, 2.75) is 38.8 Å². The lowest BCUT2D eigenvalue weighted by Gasteiger charge is -2.31. The van der Waals surface area contributed by atoms with E-state index < -0.39 is 6.10 Å². The number of aliphatic hydroxyl groups excluding tert-OH is 1. The predicted octanol–water partition coefficient (Wildman–Crippen LogP) is 3.84. The first-order valence-corrected chi connectivity index (χ1v) is 10.8. The Kier molecular flexibility index (Phi) is 7.44. The van der Waals surface area contributed by atoms with Gasteiger partial charge in [-0.3, -0.25) is 4.79 Å². The number of aliphatic hydroxyl groups is 1. The summed E-state index contributed by atoms with van der Waals surface area (Å²) in [5, 5.41) is 17.9. The molecule has 3 atom stereocenters. The third-order valence-electron chi connectivity index (χ3n) is 5.53. The van der Waals surface area contributed by atoms with Crippen molar-refractivity contribution in [3.8, 4) is 0 Å². The van der Waals surface area contributed by atoms with E-state index in [0.717, 1.165) is 24.2 Å². The van der Waals surface area contributed by atoms with E-state index in [-0.39, 0.29) is 5.91 Å². The number of piperidine rings is 1. The minimum atomic E-state index is -0.643. The number of carbonyl (C=O) groups is 1. The van der Waals surface area contributed by atoms with E-state index in [4.69, 9.17) is 0 Å². The van der Waals surface area contributed by atoms with Crippen molar-refractivity contribution in [2.75, 3.05) is 19.6 Å². The molecule has 0 aliphatic carbocycles. The molecular weight excluding hydrogens is 356 g/mol. The number of hydrogen-bond donors (Lipinski definition) is 2. The summed E-state index contributed by atoms with van der Waals surface area (Å²) in [6, 6.07) is 12.0. The van der Waals surface area contributed by atoms with Crippen LogP contribution < -0.4 is 5.32 Å². The second kappa shape index (κ2) is 10.0. The molecule has 0 bridgehead atoms. The van der Waals surface area contributed by atoms with Gasteiger partial charge in [0.2, 0.25) is 5.91 Å². The van der Waals surface area contributed by atoms with Crippen LogP contribution in [0, 0.1) is 11.8 Å². The molecule has 2 N–H and O–H groups in total. The highest BCUT2D eigenvalue weighted by Crippen LogP contribution is 2.25. The Labute approximate surface area is 166 Å². The molecule has 1 aliphatic heterocycles. The van der Waals surface area contributed by atoms with E-state index in [1.165, 1.54) is 12.8 Å². The zero-order chi connectivity index (χ0) is 19.1. The summed E-state index contributed by atoms with van der Waals surface area (Å²) in [6.45, 7) is 5.15. The van der Waals surface area contributed by atoms with Crippen LogP contribution in [0.4, 0.5) is 0 Å². The second-order valence-corrected chi connectivity index (χ2v) is 8.40. The Balaban J connectivity index is 1.66. The largest absolute Gasteiger partial charge is 0.387 e. The number of benzene rings is 1.